The number of carbonyl (C=O) groups excluding carboxylic acids is 2. The molecule has 1 unspecified atom stereocenters. The van der Waals surface area contributed by atoms with E-state index < -0.39 is 5.60 Å². The fourth-order valence-corrected chi connectivity index (χ4v) is 3.59. The number of alkyl halides is 1. The van der Waals surface area contributed by atoms with Gasteiger partial charge in [0.05, 0.1) is 4.83 Å². The summed E-state index contributed by atoms with van der Waals surface area (Å²) >= 11 is 3.44. The van der Waals surface area contributed by atoms with Crippen LogP contribution in [0.25, 0.3) is 0 Å². The van der Waals surface area contributed by atoms with Gasteiger partial charge >= 0.3 is 6.09 Å². The second-order valence-electron chi connectivity index (χ2n) is 6.44. The summed E-state index contributed by atoms with van der Waals surface area (Å²) in [4.78, 5) is 26.2. The Bertz CT molecular complexity index is 377. The average molecular weight is 332 g/mol. The monoisotopic (exact) mass is 331 g/mol. The number of Topliss-reactive ketones (excluding diaryl/α,β-unsaturated/α-hetero) is 1. The largest absolute Gasteiger partial charge is 0.444 e. The van der Waals surface area contributed by atoms with E-state index in [1.807, 2.05) is 20.8 Å². The highest BCUT2D eigenvalue weighted by atomic mass is 79.9. The lowest BCUT2D eigenvalue weighted by atomic mass is 9.77. The van der Waals surface area contributed by atoms with Gasteiger partial charge in [-0.15, -0.1) is 0 Å². The Morgan fingerprint density at radius 2 is 2.00 bits per heavy atom. The van der Waals surface area contributed by atoms with Crippen LogP contribution in [0.1, 0.15) is 46.5 Å². The van der Waals surface area contributed by atoms with Crippen LogP contribution in [-0.4, -0.2) is 39.8 Å². The standard InChI is InChI=1S/C14H22BrNO3/c1-14(2,3)19-13(18)16-8-4-5-9-11(16)7-6-10(15)12(9)17/h9-11H,4-8H2,1-3H3/t9-,10?,11+/m1/s1. The van der Waals surface area contributed by atoms with Crippen LogP contribution in [0.3, 0.4) is 0 Å². The Hall–Kier alpha value is -0.580. The van der Waals surface area contributed by atoms with Crippen LogP contribution in [-0.2, 0) is 9.53 Å². The molecule has 0 aromatic heterocycles. The molecule has 1 amide bonds. The zero-order valence-electron chi connectivity index (χ0n) is 11.8. The Balaban J connectivity index is 2.10. The summed E-state index contributed by atoms with van der Waals surface area (Å²) in [7, 11) is 0. The lowest BCUT2D eigenvalue weighted by Crippen LogP contribution is -2.55. The van der Waals surface area contributed by atoms with Crippen molar-refractivity contribution in [1.29, 1.82) is 0 Å². The Morgan fingerprint density at radius 1 is 1.32 bits per heavy atom. The smallest absolute Gasteiger partial charge is 0.410 e. The highest BCUT2D eigenvalue weighted by molar-refractivity contribution is 9.10. The highest BCUT2D eigenvalue weighted by Gasteiger charge is 2.44. The first-order valence-corrected chi connectivity index (χ1v) is 7.88. The molecule has 2 rings (SSSR count). The molecule has 108 valence electrons. The van der Waals surface area contributed by atoms with Gasteiger partial charge in [-0.05, 0) is 46.5 Å². The van der Waals surface area contributed by atoms with E-state index in [0.29, 0.717) is 6.54 Å². The molecule has 1 saturated heterocycles. The zero-order chi connectivity index (χ0) is 14.2. The van der Waals surface area contributed by atoms with E-state index in [1.165, 1.54) is 0 Å². The predicted molar refractivity (Wildman–Crippen MR) is 76.4 cm³/mol. The minimum atomic E-state index is -0.485. The normalized spacial score (nSPS) is 31.9. The molecule has 3 atom stereocenters. The molecule has 0 aromatic rings. The molecule has 4 nitrogen and oxygen atoms in total. The van der Waals surface area contributed by atoms with Crippen molar-refractivity contribution in [2.45, 2.75) is 62.9 Å². The summed E-state index contributed by atoms with van der Waals surface area (Å²) in [5.74, 6) is 0.240. The molecule has 5 heteroatoms. The fraction of sp³-hybridized carbons (Fsp3) is 0.857. The molecule has 0 aromatic carbocycles. The van der Waals surface area contributed by atoms with E-state index in [2.05, 4.69) is 15.9 Å². The van der Waals surface area contributed by atoms with Crippen molar-refractivity contribution in [3.8, 4) is 0 Å². The summed E-state index contributed by atoms with van der Waals surface area (Å²) in [6, 6.07) is 0.0323. The Labute approximate surface area is 123 Å². The third kappa shape index (κ3) is 3.30. The maximum Gasteiger partial charge on any atom is 0.410 e. The van der Waals surface area contributed by atoms with Gasteiger partial charge in [-0.2, -0.15) is 0 Å². The number of halogens is 1. The van der Waals surface area contributed by atoms with Crippen molar-refractivity contribution in [2.24, 2.45) is 5.92 Å². The molecule has 2 aliphatic rings. The van der Waals surface area contributed by atoms with Crippen LogP contribution in [0.15, 0.2) is 0 Å². The van der Waals surface area contributed by atoms with E-state index in [1.54, 1.807) is 4.90 Å². The molecule has 1 heterocycles. The maximum atomic E-state index is 12.2. The van der Waals surface area contributed by atoms with Gasteiger partial charge in [-0.3, -0.25) is 4.79 Å². The first kappa shape index (κ1) is 14.8. The van der Waals surface area contributed by atoms with Gasteiger partial charge in [-0.1, -0.05) is 15.9 Å². The number of carbonyl (C=O) groups is 2. The summed E-state index contributed by atoms with van der Waals surface area (Å²) in [6.45, 7) is 6.31. The number of ether oxygens (including phenoxy) is 1. The topological polar surface area (TPSA) is 46.6 Å². The minimum absolute atomic E-state index is 0.0145. The van der Waals surface area contributed by atoms with Gasteiger partial charge in [0.2, 0.25) is 0 Å². The Kier molecular flexibility index (Phi) is 4.23. The quantitative estimate of drug-likeness (QED) is 0.640. The van der Waals surface area contributed by atoms with Gasteiger partial charge in [0, 0.05) is 18.5 Å². The number of nitrogens with zero attached hydrogens (tertiary/aromatic N) is 1. The van der Waals surface area contributed by atoms with Crippen molar-refractivity contribution in [3.05, 3.63) is 0 Å². The number of hydrogen-bond donors (Lipinski definition) is 0. The van der Waals surface area contributed by atoms with E-state index in [0.717, 1.165) is 25.7 Å². The fourth-order valence-electron chi connectivity index (χ4n) is 2.98. The van der Waals surface area contributed by atoms with Gasteiger partial charge in [-0.25, -0.2) is 4.79 Å². The van der Waals surface area contributed by atoms with Crippen molar-refractivity contribution >= 4 is 27.8 Å². The molecule has 0 radical (unpaired) electrons. The van der Waals surface area contributed by atoms with Crippen LogP contribution >= 0.6 is 15.9 Å². The first-order chi connectivity index (χ1) is 8.79. The Morgan fingerprint density at radius 3 is 2.63 bits per heavy atom. The van der Waals surface area contributed by atoms with Crippen LogP contribution < -0.4 is 0 Å². The molecule has 1 saturated carbocycles. The molecule has 0 bridgehead atoms. The van der Waals surface area contributed by atoms with E-state index >= 15 is 0 Å². The summed E-state index contributed by atoms with van der Waals surface area (Å²) in [5, 5.41) is 0. The van der Waals surface area contributed by atoms with Crippen LogP contribution in [0.5, 0.6) is 0 Å². The predicted octanol–water partition coefficient (Wildman–Crippen LogP) is 3.13. The van der Waals surface area contributed by atoms with Crippen molar-refractivity contribution in [1.82, 2.24) is 4.90 Å². The number of rotatable bonds is 0. The zero-order valence-corrected chi connectivity index (χ0v) is 13.4. The van der Waals surface area contributed by atoms with Crippen LogP contribution in [0, 0.1) is 5.92 Å². The maximum absolute atomic E-state index is 12.2. The van der Waals surface area contributed by atoms with Gasteiger partial charge in [0.1, 0.15) is 5.60 Å². The van der Waals surface area contributed by atoms with Crippen LogP contribution in [0.2, 0.25) is 0 Å². The van der Waals surface area contributed by atoms with Crippen molar-refractivity contribution < 1.29 is 14.3 Å². The molecular formula is C14H22BrNO3. The van der Waals surface area contributed by atoms with E-state index in [-0.39, 0.29) is 28.7 Å². The highest BCUT2D eigenvalue weighted by Crippen LogP contribution is 2.36. The molecule has 1 aliphatic heterocycles. The molecule has 0 N–H and O–H groups in total. The number of ketones is 1. The lowest BCUT2D eigenvalue weighted by Gasteiger charge is -2.44. The summed E-state index contributed by atoms with van der Waals surface area (Å²) < 4.78 is 5.45. The summed E-state index contributed by atoms with van der Waals surface area (Å²) in [5.41, 5.74) is -0.485. The number of hydrogen-bond acceptors (Lipinski definition) is 3. The molecule has 1 aliphatic carbocycles. The first-order valence-electron chi connectivity index (χ1n) is 6.97. The molecule has 2 fully saturated rings. The van der Waals surface area contributed by atoms with E-state index in [9.17, 15) is 9.59 Å². The van der Waals surface area contributed by atoms with Gasteiger partial charge in [0.15, 0.2) is 5.78 Å². The third-order valence-corrected chi connectivity index (χ3v) is 4.71. The van der Waals surface area contributed by atoms with Crippen molar-refractivity contribution in [2.75, 3.05) is 6.54 Å². The minimum Gasteiger partial charge on any atom is -0.444 e. The number of fused-ring (bicyclic) bond motifs is 1. The summed E-state index contributed by atoms with van der Waals surface area (Å²) in [6.07, 6.45) is 3.18. The average Bonchev–Trinajstić information content (AvgIpc) is 2.31. The molecular weight excluding hydrogens is 310 g/mol. The lowest BCUT2D eigenvalue weighted by molar-refractivity contribution is -0.128. The number of piperidine rings is 1. The third-order valence-electron chi connectivity index (χ3n) is 3.80. The number of likely N-dealkylation sites (tertiary alicyclic amines) is 1. The molecule has 19 heavy (non-hydrogen) atoms. The second-order valence-corrected chi connectivity index (χ2v) is 7.54. The SMILES string of the molecule is CC(C)(C)OC(=O)N1CCC[C@H]2C(=O)C(Br)CC[C@@H]21. The van der Waals surface area contributed by atoms with E-state index in [4.69, 9.17) is 4.74 Å². The second kappa shape index (κ2) is 5.43. The van der Waals surface area contributed by atoms with Crippen LogP contribution in [0.4, 0.5) is 4.79 Å². The van der Waals surface area contributed by atoms with Gasteiger partial charge < -0.3 is 9.64 Å². The number of amides is 1. The van der Waals surface area contributed by atoms with Crippen molar-refractivity contribution in [3.63, 3.8) is 0 Å². The molecule has 0 spiro atoms. The van der Waals surface area contributed by atoms with Gasteiger partial charge in [0.25, 0.3) is 0 Å².